The number of benzene rings is 2. The van der Waals surface area contributed by atoms with Gasteiger partial charge in [0, 0.05) is 61.9 Å². The van der Waals surface area contributed by atoms with E-state index in [1.165, 1.54) is 0 Å². The topological polar surface area (TPSA) is 113 Å². The number of nitrogens with two attached hydrogens (primary N) is 1. The van der Waals surface area contributed by atoms with Crippen molar-refractivity contribution < 1.29 is 14.3 Å². The minimum atomic E-state index is -1.19. The Morgan fingerprint density at radius 3 is 2.41 bits per heavy atom. The van der Waals surface area contributed by atoms with Gasteiger partial charge in [0.05, 0.1) is 18.8 Å². The maximum Gasteiger partial charge on any atom is 0.253 e. The summed E-state index contributed by atoms with van der Waals surface area (Å²) in [5, 5.41) is 6.46. The van der Waals surface area contributed by atoms with Crippen LogP contribution in [-0.4, -0.2) is 77.8 Å². The molecule has 6 rings (SSSR count). The molecule has 2 fully saturated rings. The van der Waals surface area contributed by atoms with Crippen LogP contribution in [0.4, 0.5) is 0 Å². The Bertz CT molecular complexity index is 1450. The Kier molecular flexibility index (Phi) is 7.65. The second kappa shape index (κ2) is 11.7. The van der Waals surface area contributed by atoms with Gasteiger partial charge in [-0.25, -0.2) is 0 Å². The number of allylic oxidation sites excluding steroid dienone is 2. The normalized spacial score (nSPS) is 22.9. The highest BCUT2D eigenvalue weighted by atomic mass is 16.5. The second-order valence-electron chi connectivity index (χ2n) is 10.6. The van der Waals surface area contributed by atoms with Crippen LogP contribution in [0.2, 0.25) is 0 Å². The van der Waals surface area contributed by atoms with Gasteiger partial charge in [-0.05, 0) is 47.4 Å². The lowest BCUT2D eigenvalue weighted by Gasteiger charge is -2.45. The number of likely N-dealkylation sites (tertiary alicyclic amines) is 1. The summed E-state index contributed by atoms with van der Waals surface area (Å²) in [5.74, 6) is -1.48. The number of morpholine rings is 1. The molecule has 41 heavy (non-hydrogen) atoms. The quantitative estimate of drug-likeness (QED) is 0.433. The minimum Gasteiger partial charge on any atom is -0.379 e. The maximum absolute atomic E-state index is 13.8. The summed E-state index contributed by atoms with van der Waals surface area (Å²) in [4.78, 5) is 35.1. The summed E-state index contributed by atoms with van der Waals surface area (Å²) in [6.07, 6.45) is 7.81. The first-order valence-corrected chi connectivity index (χ1v) is 14.0. The highest BCUT2D eigenvalue weighted by Crippen LogP contribution is 2.29. The van der Waals surface area contributed by atoms with E-state index in [9.17, 15) is 9.59 Å². The van der Waals surface area contributed by atoms with Gasteiger partial charge in [0.15, 0.2) is 5.79 Å². The van der Waals surface area contributed by atoms with Crippen molar-refractivity contribution in [2.24, 2.45) is 5.73 Å². The van der Waals surface area contributed by atoms with Gasteiger partial charge in [-0.3, -0.25) is 25.2 Å². The summed E-state index contributed by atoms with van der Waals surface area (Å²) in [5.41, 5.74) is 11.8. The largest absolute Gasteiger partial charge is 0.379 e. The first-order chi connectivity index (χ1) is 20.0. The van der Waals surface area contributed by atoms with Crippen LogP contribution < -0.4 is 16.4 Å². The molecule has 9 nitrogen and oxygen atoms in total. The molecule has 2 saturated heterocycles. The molecular formula is C32H34N6O3. The molecule has 210 valence electrons. The lowest BCUT2D eigenvalue weighted by molar-refractivity contribution is -0.120. The van der Waals surface area contributed by atoms with Crippen molar-refractivity contribution in [1.29, 1.82) is 0 Å². The molecule has 2 aromatic carbocycles. The molecule has 1 unspecified atom stereocenters. The van der Waals surface area contributed by atoms with Crippen molar-refractivity contribution >= 4 is 17.4 Å². The third-order valence-corrected chi connectivity index (χ3v) is 7.96. The molecule has 1 aromatic heterocycles. The molecule has 0 spiro atoms. The number of dihydropyridines is 1. The van der Waals surface area contributed by atoms with E-state index in [4.69, 9.17) is 10.5 Å². The lowest BCUT2D eigenvalue weighted by Crippen LogP contribution is -2.70. The number of nitrogens with zero attached hydrogens (tertiary/aromatic N) is 3. The van der Waals surface area contributed by atoms with E-state index in [-0.39, 0.29) is 17.9 Å². The Morgan fingerprint density at radius 1 is 0.951 bits per heavy atom. The summed E-state index contributed by atoms with van der Waals surface area (Å²) < 4.78 is 5.52. The maximum atomic E-state index is 13.8. The number of carbonyl (C=O) groups is 2. The predicted octanol–water partition coefficient (Wildman–Crippen LogP) is 2.59. The van der Waals surface area contributed by atoms with Gasteiger partial charge >= 0.3 is 0 Å². The standard InChI is InChI=1S/C32H34N6O3/c33-32(38-15-17-41-18-16-38)29(19-27(21-35-32)26-7-4-13-34-20-26)30(39)36-28-12-14-37(22-28)31(40)25-10-8-24(9-11-25)23-5-2-1-3-6-23/h1-11,13,19-21,28,35H,12,14-18,22,33H2,(H,36,39)/t28?,32-/m1/s1. The van der Waals surface area contributed by atoms with E-state index in [1.54, 1.807) is 17.3 Å². The molecule has 4 heterocycles. The zero-order chi connectivity index (χ0) is 28.2. The fraction of sp³-hybridized carbons (Fsp3) is 0.281. The van der Waals surface area contributed by atoms with Crippen LogP contribution in [0.25, 0.3) is 16.7 Å². The summed E-state index contributed by atoms with van der Waals surface area (Å²) in [7, 11) is 0. The summed E-state index contributed by atoms with van der Waals surface area (Å²) >= 11 is 0. The Hall–Kier alpha value is -4.31. The van der Waals surface area contributed by atoms with E-state index >= 15 is 0 Å². The summed E-state index contributed by atoms with van der Waals surface area (Å²) in [6, 6.07) is 21.4. The van der Waals surface area contributed by atoms with Crippen LogP contribution in [0, 0.1) is 0 Å². The van der Waals surface area contributed by atoms with Crippen LogP contribution in [0.3, 0.4) is 0 Å². The van der Waals surface area contributed by atoms with Crippen LogP contribution in [0.15, 0.2) is 97.0 Å². The molecule has 0 aliphatic carbocycles. The zero-order valence-corrected chi connectivity index (χ0v) is 22.8. The highest BCUT2D eigenvalue weighted by Gasteiger charge is 2.43. The van der Waals surface area contributed by atoms with E-state index in [0.29, 0.717) is 57.0 Å². The second-order valence-corrected chi connectivity index (χ2v) is 10.6. The van der Waals surface area contributed by atoms with Gasteiger partial charge in [-0.1, -0.05) is 48.5 Å². The number of hydrogen-bond donors (Lipinski definition) is 3. The van der Waals surface area contributed by atoms with E-state index in [2.05, 4.69) is 15.6 Å². The number of aromatic nitrogens is 1. The van der Waals surface area contributed by atoms with E-state index in [0.717, 1.165) is 22.3 Å². The highest BCUT2D eigenvalue weighted by molar-refractivity contribution is 6.00. The number of nitrogens with one attached hydrogen (secondary N) is 2. The average Bonchev–Trinajstić information content (AvgIpc) is 3.50. The van der Waals surface area contributed by atoms with Gasteiger partial charge in [0.25, 0.3) is 11.8 Å². The Labute approximate surface area is 239 Å². The van der Waals surface area contributed by atoms with Crippen LogP contribution in [0.1, 0.15) is 22.3 Å². The molecule has 0 radical (unpaired) electrons. The van der Waals surface area contributed by atoms with Crippen molar-refractivity contribution in [1.82, 2.24) is 25.4 Å². The van der Waals surface area contributed by atoms with Gasteiger partial charge in [-0.15, -0.1) is 0 Å². The van der Waals surface area contributed by atoms with E-state index in [1.807, 2.05) is 83.9 Å². The van der Waals surface area contributed by atoms with Crippen molar-refractivity contribution in [3.63, 3.8) is 0 Å². The Balaban J connectivity index is 1.15. The van der Waals surface area contributed by atoms with Gasteiger partial charge in [0.1, 0.15) is 0 Å². The molecule has 9 heteroatoms. The monoisotopic (exact) mass is 550 g/mol. The van der Waals surface area contributed by atoms with Gasteiger partial charge in [0.2, 0.25) is 0 Å². The molecular weight excluding hydrogens is 516 g/mol. The van der Waals surface area contributed by atoms with Crippen LogP contribution >= 0.6 is 0 Å². The zero-order valence-electron chi connectivity index (χ0n) is 22.8. The van der Waals surface area contributed by atoms with Crippen molar-refractivity contribution in [3.05, 3.63) is 108 Å². The molecule has 2 amide bonds. The number of hydrogen-bond acceptors (Lipinski definition) is 7. The molecule has 3 aliphatic heterocycles. The summed E-state index contributed by atoms with van der Waals surface area (Å²) in [6.45, 7) is 3.28. The number of carbonyl (C=O) groups excluding carboxylic acids is 2. The predicted molar refractivity (Wildman–Crippen MR) is 157 cm³/mol. The first-order valence-electron chi connectivity index (χ1n) is 14.0. The van der Waals surface area contributed by atoms with Crippen LogP contribution in [-0.2, 0) is 9.53 Å². The number of rotatable bonds is 6. The molecule has 2 atom stereocenters. The SMILES string of the molecule is N[C@@]1(N2CCOCC2)NC=C(c2cccnc2)C=C1C(=O)NC1CCN(C(=O)c2ccc(-c3ccccc3)cc2)C1. The molecule has 3 aliphatic rings. The van der Waals surface area contributed by atoms with Gasteiger partial charge < -0.3 is 20.3 Å². The van der Waals surface area contributed by atoms with Crippen molar-refractivity contribution in [2.75, 3.05) is 39.4 Å². The molecule has 0 bridgehead atoms. The molecule has 3 aromatic rings. The lowest BCUT2D eigenvalue weighted by atomic mass is 9.95. The van der Waals surface area contributed by atoms with Gasteiger partial charge in [-0.2, -0.15) is 0 Å². The first kappa shape index (κ1) is 26.9. The third kappa shape index (κ3) is 5.65. The number of pyridine rings is 1. The van der Waals surface area contributed by atoms with E-state index < -0.39 is 5.79 Å². The minimum absolute atomic E-state index is 0.0387. The third-order valence-electron chi connectivity index (χ3n) is 7.96. The van der Waals surface area contributed by atoms with Crippen molar-refractivity contribution in [3.8, 4) is 11.1 Å². The molecule has 0 saturated carbocycles. The molecule has 4 N–H and O–H groups in total. The Morgan fingerprint density at radius 2 is 1.68 bits per heavy atom. The van der Waals surface area contributed by atoms with Crippen molar-refractivity contribution in [2.45, 2.75) is 18.2 Å². The number of ether oxygens (including phenoxy) is 1. The number of amides is 2. The smallest absolute Gasteiger partial charge is 0.253 e. The average molecular weight is 551 g/mol. The van der Waals surface area contributed by atoms with Crippen LogP contribution in [0.5, 0.6) is 0 Å². The fourth-order valence-corrected chi connectivity index (χ4v) is 5.63. The fourth-order valence-electron chi connectivity index (χ4n) is 5.63.